The molecule has 0 aromatic rings. The van der Waals surface area contributed by atoms with Crippen molar-refractivity contribution in [3.8, 4) is 6.07 Å². The van der Waals surface area contributed by atoms with Gasteiger partial charge >= 0.3 is 17.9 Å². The maximum Gasteiger partial charge on any atom is 0.313 e. The number of hydrogen-bond acceptors (Lipinski definition) is 10. The number of fused-ring (bicyclic) bond motifs is 2. The van der Waals surface area contributed by atoms with Crippen LogP contribution in [-0.2, 0) is 42.6 Å². The van der Waals surface area contributed by atoms with E-state index >= 15 is 0 Å². The molecule has 2 fully saturated rings. The van der Waals surface area contributed by atoms with Crippen molar-refractivity contribution < 1.29 is 42.6 Å². The summed E-state index contributed by atoms with van der Waals surface area (Å²) >= 11 is 0. The summed E-state index contributed by atoms with van der Waals surface area (Å²) in [6.45, 7) is 9.72. The first-order valence-electron chi connectivity index (χ1n) is 10.6. The third kappa shape index (κ3) is 4.44. The van der Waals surface area contributed by atoms with Crippen LogP contribution in [0, 0.1) is 28.6 Å². The fourth-order valence-electron chi connectivity index (χ4n) is 4.27. The predicted molar refractivity (Wildman–Crippen MR) is 116 cm³/mol. The molecular formula is C22H33NO9Si. The monoisotopic (exact) mass is 483 g/mol. The van der Waals surface area contributed by atoms with Gasteiger partial charge in [-0.2, -0.15) is 5.26 Å². The topological polar surface area (TPSA) is 138 Å². The number of methoxy groups -OCH3 is 3. The highest BCUT2D eigenvalue weighted by Gasteiger charge is 2.73. The van der Waals surface area contributed by atoms with Crippen LogP contribution in [-0.4, -0.2) is 71.6 Å². The summed E-state index contributed by atoms with van der Waals surface area (Å²) in [5, 5.41) is 9.84. The Kier molecular flexibility index (Phi) is 7.48. The van der Waals surface area contributed by atoms with Crippen molar-refractivity contribution in [2.24, 2.45) is 17.3 Å². The zero-order valence-corrected chi connectivity index (χ0v) is 21.5. The Hall–Kier alpha value is -2.29. The standard InChI is InChI=1S/C22H33NO9Si/c1-20(2,3)33(7,8)31-12-22-13(24)9-21(11-23,10-14(25)28-4)17(32-22)15(18(26)29-5)16(22)19(27)30-6/h15-17H,9-10,12H2,1-8H3/t15-,16+,17-,21-,22-/m1/s1. The van der Waals surface area contributed by atoms with Gasteiger partial charge in [0, 0.05) is 6.42 Å². The van der Waals surface area contributed by atoms with Crippen LogP contribution in [0.15, 0.2) is 0 Å². The van der Waals surface area contributed by atoms with Gasteiger partial charge in [0.1, 0.15) is 17.3 Å². The SMILES string of the molecule is COC(=O)C[C@@]1(C#N)CC(=O)[C@@]2(CO[Si](C)(C)C(C)(C)C)O[C@@H]1[C@H](C(=O)OC)[C@H]2C(=O)OC. The van der Waals surface area contributed by atoms with Gasteiger partial charge in [-0.3, -0.25) is 19.2 Å². The predicted octanol–water partition coefficient (Wildman–Crippen LogP) is 1.77. The number of hydrogen-bond donors (Lipinski definition) is 0. The highest BCUT2D eigenvalue weighted by molar-refractivity contribution is 6.74. The van der Waals surface area contributed by atoms with Gasteiger partial charge in [0.15, 0.2) is 19.7 Å². The van der Waals surface area contributed by atoms with Gasteiger partial charge in [-0.15, -0.1) is 0 Å². The second-order valence-electron chi connectivity index (χ2n) is 10.1. The van der Waals surface area contributed by atoms with E-state index in [0.717, 1.165) is 21.3 Å². The average Bonchev–Trinajstić information content (AvgIpc) is 3.08. The fraction of sp³-hybridized carbons (Fsp3) is 0.773. The molecule has 2 bridgehead atoms. The van der Waals surface area contributed by atoms with Crippen LogP contribution in [0.25, 0.3) is 0 Å². The number of nitriles is 1. The molecule has 0 N–H and O–H groups in total. The van der Waals surface area contributed by atoms with E-state index in [4.69, 9.17) is 23.4 Å². The Morgan fingerprint density at radius 3 is 2.15 bits per heavy atom. The molecule has 0 spiro atoms. The smallest absolute Gasteiger partial charge is 0.313 e. The van der Waals surface area contributed by atoms with Crippen LogP contribution in [0.3, 0.4) is 0 Å². The number of carbonyl (C=O) groups excluding carboxylic acids is 4. The Bertz CT molecular complexity index is 874. The molecule has 33 heavy (non-hydrogen) atoms. The summed E-state index contributed by atoms with van der Waals surface area (Å²) in [6, 6.07) is 2.00. The summed E-state index contributed by atoms with van der Waals surface area (Å²) in [7, 11) is 1.01. The van der Waals surface area contributed by atoms with Crippen molar-refractivity contribution in [2.45, 2.75) is 63.5 Å². The van der Waals surface area contributed by atoms with Crippen LogP contribution in [0.2, 0.25) is 18.1 Å². The van der Waals surface area contributed by atoms with E-state index in [1.807, 2.05) is 39.9 Å². The summed E-state index contributed by atoms with van der Waals surface area (Å²) in [4.78, 5) is 51.6. The first-order chi connectivity index (χ1) is 15.2. The number of ether oxygens (including phenoxy) is 4. The lowest BCUT2D eigenvalue weighted by atomic mass is 9.72. The number of Topliss-reactive ketones (excluding diaryl/α,β-unsaturated/α-hetero) is 1. The van der Waals surface area contributed by atoms with E-state index in [1.165, 1.54) is 0 Å². The molecule has 0 unspecified atom stereocenters. The summed E-state index contributed by atoms with van der Waals surface area (Å²) < 4.78 is 27.0. The third-order valence-electron chi connectivity index (χ3n) is 7.31. The molecule has 0 aromatic carbocycles. The van der Waals surface area contributed by atoms with E-state index in [9.17, 15) is 24.4 Å². The Morgan fingerprint density at radius 1 is 1.12 bits per heavy atom. The molecule has 2 aliphatic rings. The van der Waals surface area contributed by atoms with Crippen LogP contribution < -0.4 is 0 Å². The van der Waals surface area contributed by atoms with Crippen molar-refractivity contribution in [1.29, 1.82) is 5.26 Å². The molecule has 2 aliphatic heterocycles. The van der Waals surface area contributed by atoms with Crippen molar-refractivity contribution in [3.63, 3.8) is 0 Å². The molecule has 2 saturated heterocycles. The molecule has 0 aromatic heterocycles. The highest BCUT2D eigenvalue weighted by Crippen LogP contribution is 2.56. The minimum absolute atomic E-state index is 0.205. The second kappa shape index (κ2) is 9.16. The van der Waals surface area contributed by atoms with Gasteiger partial charge in [-0.05, 0) is 18.1 Å². The van der Waals surface area contributed by atoms with Gasteiger partial charge in [0.2, 0.25) is 0 Å². The number of nitrogens with zero attached hydrogens (tertiary/aromatic N) is 1. The molecule has 0 radical (unpaired) electrons. The zero-order chi connectivity index (χ0) is 25.4. The lowest BCUT2D eigenvalue weighted by molar-refractivity contribution is -0.184. The lowest BCUT2D eigenvalue weighted by Gasteiger charge is -2.44. The summed E-state index contributed by atoms with van der Waals surface area (Å²) in [5.41, 5.74) is -3.56. The molecule has 10 nitrogen and oxygen atoms in total. The molecule has 0 amide bonds. The Morgan fingerprint density at radius 2 is 1.70 bits per heavy atom. The summed E-state index contributed by atoms with van der Waals surface area (Å²) in [6.07, 6.45) is -2.18. The van der Waals surface area contributed by atoms with E-state index < -0.39 is 73.8 Å². The maximum absolute atomic E-state index is 13.6. The van der Waals surface area contributed by atoms with Gasteiger partial charge in [-0.1, -0.05) is 20.8 Å². The van der Waals surface area contributed by atoms with Crippen LogP contribution in [0.4, 0.5) is 0 Å². The van der Waals surface area contributed by atoms with E-state index in [2.05, 4.69) is 0 Å². The van der Waals surface area contributed by atoms with Crippen molar-refractivity contribution >= 4 is 32.0 Å². The van der Waals surface area contributed by atoms with E-state index in [0.29, 0.717) is 0 Å². The Labute approximate surface area is 195 Å². The molecule has 184 valence electrons. The van der Waals surface area contributed by atoms with Gasteiger partial charge in [-0.25, -0.2) is 0 Å². The zero-order valence-electron chi connectivity index (χ0n) is 20.5. The molecule has 0 aliphatic carbocycles. The molecular weight excluding hydrogens is 450 g/mol. The molecule has 5 atom stereocenters. The number of esters is 3. The summed E-state index contributed by atoms with van der Waals surface area (Å²) in [5.74, 6) is -5.80. The third-order valence-corrected chi connectivity index (χ3v) is 11.8. The van der Waals surface area contributed by atoms with Crippen LogP contribution in [0.1, 0.15) is 33.6 Å². The van der Waals surface area contributed by atoms with Gasteiger partial charge in [0.25, 0.3) is 0 Å². The number of ketones is 1. The van der Waals surface area contributed by atoms with Gasteiger partial charge < -0.3 is 23.4 Å². The van der Waals surface area contributed by atoms with Gasteiger partial charge in [0.05, 0.1) is 46.5 Å². The lowest BCUT2D eigenvalue weighted by Crippen LogP contribution is -2.58. The average molecular weight is 484 g/mol. The quantitative estimate of drug-likeness (QED) is 0.299. The fourth-order valence-corrected chi connectivity index (χ4v) is 5.28. The number of rotatable bonds is 7. The molecule has 11 heteroatoms. The normalized spacial score (nSPS) is 31.5. The van der Waals surface area contributed by atoms with Crippen LogP contribution in [0.5, 0.6) is 0 Å². The highest BCUT2D eigenvalue weighted by atomic mass is 28.4. The van der Waals surface area contributed by atoms with Crippen molar-refractivity contribution in [3.05, 3.63) is 0 Å². The van der Waals surface area contributed by atoms with Crippen molar-refractivity contribution in [2.75, 3.05) is 27.9 Å². The first kappa shape index (κ1) is 27.0. The molecule has 0 saturated carbocycles. The Balaban J connectivity index is 2.66. The van der Waals surface area contributed by atoms with E-state index in [-0.39, 0.29) is 11.6 Å². The minimum atomic E-state index is -2.41. The van der Waals surface area contributed by atoms with Crippen molar-refractivity contribution in [1.82, 2.24) is 0 Å². The minimum Gasteiger partial charge on any atom is -0.469 e. The number of carbonyl (C=O) groups is 4. The second-order valence-corrected chi connectivity index (χ2v) is 15.0. The molecule has 2 rings (SSSR count). The first-order valence-corrected chi connectivity index (χ1v) is 13.6. The largest absolute Gasteiger partial charge is 0.469 e. The van der Waals surface area contributed by atoms with Crippen LogP contribution >= 0.6 is 0 Å². The molecule has 2 heterocycles. The van der Waals surface area contributed by atoms with E-state index in [1.54, 1.807) is 0 Å². The maximum atomic E-state index is 13.6.